The number of hydrogen-bond donors (Lipinski definition) is 0. The average molecular weight is 570 g/mol. The van der Waals surface area contributed by atoms with E-state index in [2.05, 4.69) is 0 Å². The first-order valence-electron chi connectivity index (χ1n) is 10.9. The van der Waals surface area contributed by atoms with Crippen molar-refractivity contribution in [3.8, 4) is 5.75 Å². The summed E-state index contributed by atoms with van der Waals surface area (Å²) in [6.45, 7) is -0.0417. The molecule has 0 saturated carbocycles. The highest BCUT2D eigenvalue weighted by Gasteiger charge is 2.35. The van der Waals surface area contributed by atoms with E-state index in [0.717, 1.165) is 27.4 Å². The lowest BCUT2D eigenvalue weighted by molar-refractivity contribution is -0.123. The van der Waals surface area contributed by atoms with Gasteiger partial charge in [-0.3, -0.25) is 14.5 Å². The zero-order valence-corrected chi connectivity index (χ0v) is 22.1. The van der Waals surface area contributed by atoms with Gasteiger partial charge in [-0.2, -0.15) is 8.42 Å². The molecule has 10 heteroatoms. The van der Waals surface area contributed by atoms with Gasteiger partial charge in [0, 0.05) is 15.6 Å². The second-order valence-corrected chi connectivity index (χ2v) is 11.4. The number of halogens is 2. The van der Waals surface area contributed by atoms with Crippen LogP contribution in [0.3, 0.4) is 0 Å². The van der Waals surface area contributed by atoms with Crippen molar-refractivity contribution in [2.75, 3.05) is 0 Å². The molecule has 186 valence electrons. The third-order valence-corrected chi connectivity index (χ3v) is 8.50. The van der Waals surface area contributed by atoms with Gasteiger partial charge >= 0.3 is 10.1 Å². The lowest BCUT2D eigenvalue weighted by Gasteiger charge is -2.14. The van der Waals surface area contributed by atoms with Crippen LogP contribution < -0.4 is 4.18 Å². The average Bonchev–Trinajstić information content (AvgIpc) is 3.14. The molecule has 0 aromatic heterocycles. The highest BCUT2D eigenvalue weighted by atomic mass is 35.5. The summed E-state index contributed by atoms with van der Waals surface area (Å²) in [6, 6.07) is 23.3. The van der Waals surface area contributed by atoms with E-state index in [1.807, 2.05) is 24.3 Å². The van der Waals surface area contributed by atoms with Gasteiger partial charge in [-0.25, -0.2) is 0 Å². The summed E-state index contributed by atoms with van der Waals surface area (Å²) in [6.07, 6.45) is 1.56. The Morgan fingerprint density at radius 2 is 1.51 bits per heavy atom. The summed E-state index contributed by atoms with van der Waals surface area (Å²) >= 11 is 13.2. The third kappa shape index (κ3) is 5.38. The van der Waals surface area contributed by atoms with E-state index in [0.29, 0.717) is 21.2 Å². The fourth-order valence-electron chi connectivity index (χ4n) is 3.75. The molecule has 4 aromatic carbocycles. The lowest BCUT2D eigenvalue weighted by Crippen LogP contribution is -2.27. The van der Waals surface area contributed by atoms with Crippen molar-refractivity contribution in [1.82, 2.24) is 4.90 Å². The molecule has 0 radical (unpaired) electrons. The molecule has 6 nitrogen and oxygen atoms in total. The molecule has 0 aliphatic carbocycles. The Hall–Kier alpha value is -3.30. The molecular weight excluding hydrogens is 553 g/mol. The van der Waals surface area contributed by atoms with Gasteiger partial charge in [0.2, 0.25) is 0 Å². The molecule has 0 bridgehead atoms. The third-order valence-electron chi connectivity index (χ3n) is 5.64. The van der Waals surface area contributed by atoms with Crippen LogP contribution in [0.1, 0.15) is 11.1 Å². The van der Waals surface area contributed by atoms with Crippen LogP contribution in [0, 0.1) is 0 Å². The van der Waals surface area contributed by atoms with Crippen molar-refractivity contribution in [2.45, 2.75) is 11.4 Å². The minimum Gasteiger partial charge on any atom is -0.379 e. The Kier molecular flexibility index (Phi) is 7.00. The van der Waals surface area contributed by atoms with Crippen LogP contribution >= 0.6 is 35.0 Å². The molecule has 0 atom stereocenters. The van der Waals surface area contributed by atoms with Gasteiger partial charge in [-0.15, -0.1) is 0 Å². The first-order valence-corrected chi connectivity index (χ1v) is 13.9. The Morgan fingerprint density at radius 1 is 0.838 bits per heavy atom. The Morgan fingerprint density at radius 3 is 2.22 bits per heavy atom. The quantitative estimate of drug-likeness (QED) is 0.181. The first kappa shape index (κ1) is 25.4. The van der Waals surface area contributed by atoms with Crippen LogP contribution in [0.25, 0.3) is 16.8 Å². The number of hydrogen-bond acceptors (Lipinski definition) is 6. The van der Waals surface area contributed by atoms with Crippen LogP contribution in [0.15, 0.2) is 94.7 Å². The lowest BCUT2D eigenvalue weighted by atomic mass is 10.1. The molecular formula is C27H17Cl2NO5S2. The molecule has 1 saturated heterocycles. The molecule has 1 heterocycles. The fraction of sp³-hybridized carbons (Fsp3) is 0.0370. The maximum atomic E-state index is 12.9. The number of carbonyl (C=O) groups excluding carboxylic acids is 2. The predicted molar refractivity (Wildman–Crippen MR) is 146 cm³/mol. The molecule has 0 unspecified atom stereocenters. The number of thioether (sulfide) groups is 1. The molecule has 1 aliphatic rings. The van der Waals surface area contributed by atoms with Gasteiger partial charge in [-0.05, 0) is 70.6 Å². The molecule has 4 aromatic rings. The van der Waals surface area contributed by atoms with Crippen LogP contribution in [0.5, 0.6) is 5.75 Å². The number of amides is 2. The predicted octanol–water partition coefficient (Wildman–Crippen LogP) is 7.15. The van der Waals surface area contributed by atoms with E-state index in [1.54, 1.807) is 48.5 Å². The summed E-state index contributed by atoms with van der Waals surface area (Å²) in [5, 5.41) is 2.00. The number of imide groups is 1. The van der Waals surface area contributed by atoms with E-state index in [9.17, 15) is 18.0 Å². The van der Waals surface area contributed by atoms with Gasteiger partial charge in [-0.1, -0.05) is 71.7 Å². The van der Waals surface area contributed by atoms with Gasteiger partial charge in [0.1, 0.15) is 10.6 Å². The van der Waals surface area contributed by atoms with Crippen LogP contribution in [0.4, 0.5) is 4.79 Å². The number of fused-ring (bicyclic) bond motifs is 1. The van der Waals surface area contributed by atoms with E-state index in [4.69, 9.17) is 27.4 Å². The van der Waals surface area contributed by atoms with Crippen molar-refractivity contribution < 1.29 is 22.2 Å². The maximum Gasteiger partial charge on any atom is 0.339 e. The second-order valence-electron chi connectivity index (χ2n) is 8.08. The maximum absolute atomic E-state index is 12.9. The summed E-state index contributed by atoms with van der Waals surface area (Å²) in [5.41, 5.74) is 1.08. The molecule has 0 N–H and O–H groups in total. The SMILES string of the molecule is O=C1S/C(=C\c2ccc(OS(=O)(=O)c3ccc4ccccc4c3)cc2)C(=O)N1Cc1c(Cl)cccc1Cl. The number of benzene rings is 4. The standard InChI is InChI=1S/C27H17Cl2NO5S2/c28-23-6-3-7-24(29)22(23)16-30-26(31)25(36-27(30)32)14-17-8-11-20(12-9-17)35-37(33,34)21-13-10-18-4-1-2-5-19(18)15-21/h1-15H,16H2/b25-14-. The van der Waals surface area contributed by atoms with Crippen molar-refractivity contribution >= 4 is 73.1 Å². The van der Waals surface area contributed by atoms with E-state index in [-0.39, 0.29) is 22.1 Å². The Balaban J connectivity index is 1.31. The van der Waals surface area contributed by atoms with Gasteiger partial charge in [0.15, 0.2) is 0 Å². The number of nitrogens with zero attached hydrogens (tertiary/aromatic N) is 1. The van der Waals surface area contributed by atoms with Crippen molar-refractivity contribution in [3.63, 3.8) is 0 Å². The van der Waals surface area contributed by atoms with Crippen molar-refractivity contribution in [2.24, 2.45) is 0 Å². The zero-order valence-electron chi connectivity index (χ0n) is 18.9. The van der Waals surface area contributed by atoms with Crippen molar-refractivity contribution in [1.29, 1.82) is 0 Å². The summed E-state index contributed by atoms with van der Waals surface area (Å²) in [4.78, 5) is 26.7. The summed E-state index contributed by atoms with van der Waals surface area (Å²) in [5.74, 6) is -0.350. The van der Waals surface area contributed by atoms with Gasteiger partial charge in [0.05, 0.1) is 11.4 Å². The summed E-state index contributed by atoms with van der Waals surface area (Å²) < 4.78 is 30.9. The zero-order chi connectivity index (χ0) is 26.2. The summed E-state index contributed by atoms with van der Waals surface area (Å²) in [7, 11) is -4.05. The molecule has 5 rings (SSSR count). The number of rotatable bonds is 6. The minimum absolute atomic E-state index is 0.0417. The first-order chi connectivity index (χ1) is 17.7. The highest BCUT2D eigenvalue weighted by Crippen LogP contribution is 2.36. The normalized spacial score (nSPS) is 15.1. The van der Waals surface area contributed by atoms with Crippen LogP contribution in [-0.2, 0) is 21.5 Å². The smallest absolute Gasteiger partial charge is 0.339 e. The Bertz CT molecular complexity index is 1660. The Labute approximate surface area is 227 Å². The number of carbonyl (C=O) groups is 2. The van der Waals surface area contributed by atoms with E-state index < -0.39 is 21.3 Å². The largest absolute Gasteiger partial charge is 0.379 e. The van der Waals surface area contributed by atoms with E-state index in [1.165, 1.54) is 18.2 Å². The molecule has 0 spiro atoms. The van der Waals surface area contributed by atoms with Gasteiger partial charge in [0.25, 0.3) is 11.1 Å². The molecule has 37 heavy (non-hydrogen) atoms. The van der Waals surface area contributed by atoms with Crippen LogP contribution in [0.2, 0.25) is 10.0 Å². The topological polar surface area (TPSA) is 80.8 Å². The molecule has 2 amide bonds. The monoisotopic (exact) mass is 569 g/mol. The second kappa shape index (κ2) is 10.2. The van der Waals surface area contributed by atoms with Crippen molar-refractivity contribution in [3.05, 3.63) is 111 Å². The van der Waals surface area contributed by atoms with E-state index >= 15 is 0 Å². The van der Waals surface area contributed by atoms with Gasteiger partial charge < -0.3 is 4.18 Å². The minimum atomic E-state index is -4.05. The molecule has 1 fully saturated rings. The van der Waals surface area contributed by atoms with Crippen LogP contribution in [-0.4, -0.2) is 24.5 Å². The molecule has 1 aliphatic heterocycles. The highest BCUT2D eigenvalue weighted by molar-refractivity contribution is 8.18. The fourth-order valence-corrected chi connectivity index (χ4v) is 6.07.